The van der Waals surface area contributed by atoms with Crippen molar-refractivity contribution in [3.8, 4) is 0 Å². The van der Waals surface area contributed by atoms with Gasteiger partial charge < -0.3 is 16.0 Å². The fraction of sp³-hybridized carbons (Fsp3) is 0.0370. The molecule has 0 atom stereocenters. The highest BCUT2D eigenvalue weighted by Crippen LogP contribution is 2.22. The Bertz CT molecular complexity index is 1460. The Hall–Kier alpha value is -3.80. The molecule has 0 spiro atoms. The molecule has 4 rings (SSSR count). The van der Waals surface area contributed by atoms with E-state index >= 15 is 0 Å². The van der Waals surface area contributed by atoms with E-state index in [0.29, 0.717) is 16.4 Å². The number of carbonyl (C=O) groups excluding carboxylic acids is 3. The summed E-state index contributed by atoms with van der Waals surface area (Å²) in [6.45, 7) is 0. The van der Waals surface area contributed by atoms with Gasteiger partial charge in [-0.05, 0) is 60.2 Å². The molecule has 0 radical (unpaired) electrons. The molecular weight excluding hydrogens is 591 g/mol. The van der Waals surface area contributed by atoms with E-state index in [1.807, 2.05) is 0 Å². The van der Waals surface area contributed by atoms with Crippen LogP contribution in [0.25, 0.3) is 6.08 Å². The second kappa shape index (κ2) is 13.1. The number of amides is 3. The van der Waals surface area contributed by atoms with Crippen molar-refractivity contribution in [1.29, 1.82) is 0 Å². The molecule has 11 heteroatoms. The van der Waals surface area contributed by atoms with E-state index in [1.165, 1.54) is 47.4 Å². The summed E-state index contributed by atoms with van der Waals surface area (Å²) in [5.74, 6) is -1.99. The number of nitrogens with one attached hydrogen (secondary N) is 3. The minimum absolute atomic E-state index is 0.0575. The maximum absolute atomic E-state index is 14.1. The zero-order valence-electron chi connectivity index (χ0n) is 19.6. The van der Waals surface area contributed by atoms with E-state index in [0.717, 1.165) is 9.37 Å². The summed E-state index contributed by atoms with van der Waals surface area (Å²) in [7, 11) is 0. The highest BCUT2D eigenvalue weighted by molar-refractivity contribution is 9.10. The summed E-state index contributed by atoms with van der Waals surface area (Å²) in [6, 6.07) is 19.6. The predicted octanol–water partition coefficient (Wildman–Crippen LogP) is 6.19. The van der Waals surface area contributed by atoms with Crippen molar-refractivity contribution >= 4 is 73.6 Å². The van der Waals surface area contributed by atoms with Crippen LogP contribution in [0.3, 0.4) is 0 Å². The van der Waals surface area contributed by atoms with Crippen molar-refractivity contribution in [2.24, 2.45) is 0 Å². The van der Waals surface area contributed by atoms with Gasteiger partial charge in [0, 0.05) is 26.6 Å². The lowest BCUT2D eigenvalue weighted by atomic mass is 10.1. The van der Waals surface area contributed by atoms with E-state index in [4.69, 9.17) is 0 Å². The zero-order valence-corrected chi connectivity index (χ0v) is 22.8. The second-order valence-electron chi connectivity index (χ2n) is 7.70. The van der Waals surface area contributed by atoms with E-state index in [1.54, 1.807) is 66.2 Å². The van der Waals surface area contributed by atoms with Gasteiger partial charge in [-0.25, -0.2) is 9.37 Å². The fourth-order valence-corrected chi connectivity index (χ4v) is 4.65. The van der Waals surface area contributed by atoms with E-state index < -0.39 is 17.6 Å². The van der Waals surface area contributed by atoms with Crippen LogP contribution in [0.1, 0.15) is 15.9 Å². The molecule has 0 aliphatic carbocycles. The molecular formula is C27H20BrFN4O3S2. The first-order chi connectivity index (χ1) is 18.4. The molecule has 0 fully saturated rings. The Labute approximate surface area is 234 Å². The van der Waals surface area contributed by atoms with Gasteiger partial charge in [0.2, 0.25) is 5.91 Å². The minimum atomic E-state index is -0.746. The summed E-state index contributed by atoms with van der Waals surface area (Å²) in [4.78, 5) is 42.8. The van der Waals surface area contributed by atoms with Gasteiger partial charge in [0.25, 0.3) is 11.8 Å². The lowest BCUT2D eigenvalue weighted by Gasteiger charge is -2.12. The molecule has 0 aliphatic heterocycles. The number of benzene rings is 3. The molecule has 38 heavy (non-hydrogen) atoms. The van der Waals surface area contributed by atoms with Crippen LogP contribution in [0.5, 0.6) is 0 Å². The molecule has 3 aromatic carbocycles. The lowest BCUT2D eigenvalue weighted by Crippen LogP contribution is -2.31. The summed E-state index contributed by atoms with van der Waals surface area (Å²) in [6.07, 6.45) is 3.12. The highest BCUT2D eigenvalue weighted by atomic mass is 79.9. The third-order valence-electron chi connectivity index (χ3n) is 4.95. The Morgan fingerprint density at radius 2 is 1.71 bits per heavy atom. The zero-order chi connectivity index (χ0) is 26.9. The number of halogens is 2. The van der Waals surface area contributed by atoms with Gasteiger partial charge in [-0.2, -0.15) is 0 Å². The average Bonchev–Trinajstić information content (AvgIpc) is 3.42. The number of anilines is 2. The molecule has 3 N–H and O–H groups in total. The van der Waals surface area contributed by atoms with E-state index in [2.05, 4.69) is 36.9 Å². The first kappa shape index (κ1) is 27.2. The number of aromatic nitrogens is 1. The van der Waals surface area contributed by atoms with Crippen molar-refractivity contribution in [3.63, 3.8) is 0 Å². The fourth-order valence-electron chi connectivity index (χ4n) is 3.14. The molecule has 0 saturated carbocycles. The second-order valence-corrected chi connectivity index (χ2v) is 10.6. The Morgan fingerprint density at radius 1 is 0.974 bits per heavy atom. The van der Waals surface area contributed by atoms with Crippen LogP contribution in [0, 0.1) is 5.82 Å². The third-order valence-corrected chi connectivity index (χ3v) is 7.18. The monoisotopic (exact) mass is 610 g/mol. The maximum atomic E-state index is 14.1. The topological polar surface area (TPSA) is 100 Å². The molecule has 0 saturated heterocycles. The Morgan fingerprint density at radius 3 is 2.39 bits per heavy atom. The summed E-state index contributed by atoms with van der Waals surface area (Å²) < 4.78 is 15.0. The SMILES string of the molecule is O=C(CSc1ccc(NC(=O)/C(=C/c2ccc(Br)cc2)NC(=O)c2ccccc2F)cc1)Nc1nccs1. The third kappa shape index (κ3) is 7.85. The molecule has 0 aliphatic rings. The van der Waals surface area contributed by atoms with Gasteiger partial charge in [0.05, 0.1) is 11.3 Å². The first-order valence-electron chi connectivity index (χ1n) is 11.1. The van der Waals surface area contributed by atoms with Crippen molar-refractivity contribution in [3.05, 3.63) is 111 Å². The first-order valence-corrected chi connectivity index (χ1v) is 13.8. The molecule has 1 heterocycles. The molecule has 0 unspecified atom stereocenters. The number of nitrogens with zero attached hydrogens (tertiary/aromatic N) is 1. The Kier molecular flexibility index (Phi) is 9.41. The van der Waals surface area contributed by atoms with Gasteiger partial charge in [-0.1, -0.05) is 40.2 Å². The molecule has 4 aromatic rings. The molecule has 7 nitrogen and oxygen atoms in total. The maximum Gasteiger partial charge on any atom is 0.272 e. The number of thioether (sulfide) groups is 1. The standard InChI is InChI=1S/C27H20BrFN4O3S2/c28-18-7-5-17(6-8-18)15-23(32-25(35)21-3-1-2-4-22(21)29)26(36)31-19-9-11-20(12-10-19)38-16-24(34)33-27-30-13-14-37-27/h1-15H,16H2,(H,31,36)(H,32,35)(H,30,33,34)/b23-15-. The van der Waals surface area contributed by atoms with Gasteiger partial charge >= 0.3 is 0 Å². The molecule has 0 bridgehead atoms. The van der Waals surface area contributed by atoms with E-state index in [-0.39, 0.29) is 22.9 Å². The number of thiazole rings is 1. The normalized spacial score (nSPS) is 11.1. The molecule has 192 valence electrons. The average molecular weight is 612 g/mol. The van der Waals surface area contributed by atoms with Crippen molar-refractivity contribution < 1.29 is 18.8 Å². The lowest BCUT2D eigenvalue weighted by molar-refractivity contribution is -0.114. The van der Waals surface area contributed by atoms with Crippen LogP contribution in [-0.2, 0) is 9.59 Å². The van der Waals surface area contributed by atoms with Crippen LogP contribution in [0.4, 0.5) is 15.2 Å². The summed E-state index contributed by atoms with van der Waals surface area (Å²) in [5.41, 5.74) is 0.906. The summed E-state index contributed by atoms with van der Waals surface area (Å²) >= 11 is 6.05. The summed E-state index contributed by atoms with van der Waals surface area (Å²) in [5, 5.41) is 10.3. The number of carbonyl (C=O) groups is 3. The number of hydrogen-bond acceptors (Lipinski definition) is 6. The van der Waals surface area contributed by atoms with Gasteiger partial charge in [-0.3, -0.25) is 14.4 Å². The van der Waals surface area contributed by atoms with Crippen LogP contribution in [-0.4, -0.2) is 28.5 Å². The van der Waals surface area contributed by atoms with Crippen molar-refractivity contribution in [1.82, 2.24) is 10.3 Å². The van der Waals surface area contributed by atoms with Crippen LogP contribution < -0.4 is 16.0 Å². The number of hydrogen-bond donors (Lipinski definition) is 3. The van der Waals surface area contributed by atoms with E-state index in [9.17, 15) is 18.8 Å². The molecule has 3 amide bonds. The van der Waals surface area contributed by atoms with Crippen molar-refractivity contribution in [2.45, 2.75) is 4.90 Å². The Balaban J connectivity index is 1.43. The number of rotatable bonds is 9. The van der Waals surface area contributed by atoms with Crippen LogP contribution in [0.2, 0.25) is 0 Å². The minimum Gasteiger partial charge on any atom is -0.321 e. The quantitative estimate of drug-likeness (QED) is 0.155. The van der Waals surface area contributed by atoms with Crippen LogP contribution in [0.15, 0.2) is 99.4 Å². The van der Waals surface area contributed by atoms with Gasteiger partial charge in [0.15, 0.2) is 5.13 Å². The smallest absolute Gasteiger partial charge is 0.272 e. The predicted molar refractivity (Wildman–Crippen MR) is 153 cm³/mol. The van der Waals surface area contributed by atoms with Crippen molar-refractivity contribution in [2.75, 3.05) is 16.4 Å². The van der Waals surface area contributed by atoms with Gasteiger partial charge in [-0.15, -0.1) is 23.1 Å². The van der Waals surface area contributed by atoms with Crippen LogP contribution >= 0.6 is 39.0 Å². The highest BCUT2D eigenvalue weighted by Gasteiger charge is 2.17. The molecule has 1 aromatic heterocycles. The largest absolute Gasteiger partial charge is 0.321 e. The van der Waals surface area contributed by atoms with Gasteiger partial charge in [0.1, 0.15) is 11.5 Å².